The van der Waals surface area contributed by atoms with Crippen LogP contribution in [-0.4, -0.2) is 0 Å². The Morgan fingerprint density at radius 2 is 1.50 bits per heavy atom. The molecule has 0 unspecified atom stereocenters. The van der Waals surface area contributed by atoms with Crippen molar-refractivity contribution in [3.63, 3.8) is 0 Å². The Morgan fingerprint density at radius 3 is 1.79 bits per heavy atom. The van der Waals surface area contributed by atoms with Crippen LogP contribution in [0.3, 0.4) is 0 Å². The van der Waals surface area contributed by atoms with Crippen LogP contribution in [0.1, 0.15) is 54.4 Å². The molecule has 1 aliphatic rings. The third-order valence-electron chi connectivity index (χ3n) is 2.93. The molecule has 1 aliphatic carbocycles. The van der Waals surface area contributed by atoms with Gasteiger partial charge < -0.3 is 0 Å². The van der Waals surface area contributed by atoms with Crippen LogP contribution in [0.25, 0.3) is 0 Å². The van der Waals surface area contributed by atoms with Gasteiger partial charge in [0.15, 0.2) is 0 Å². The zero-order valence-corrected chi connectivity index (χ0v) is 10.7. The molecular formula is C14H26. The summed E-state index contributed by atoms with van der Waals surface area (Å²) in [7, 11) is 0. The Labute approximate surface area is 89.8 Å². The predicted octanol–water partition coefficient (Wildman–Crippen LogP) is 4.66. The van der Waals surface area contributed by atoms with Crippen molar-refractivity contribution < 1.29 is 0 Å². The first-order chi connectivity index (χ1) is 6.20. The standard InChI is InChI=1S/C14H26/c1-13(2,3)10-9-12(11-7-8-11)14(4,5)6/h9-12H,7-8H2,1-6H3/b10-9+/t12-/m0/s1. The summed E-state index contributed by atoms with van der Waals surface area (Å²) < 4.78 is 0. The quantitative estimate of drug-likeness (QED) is 0.561. The molecule has 14 heavy (non-hydrogen) atoms. The number of rotatable bonds is 2. The molecule has 0 aromatic heterocycles. The first kappa shape index (κ1) is 11.8. The average molecular weight is 194 g/mol. The maximum Gasteiger partial charge on any atom is -0.0156 e. The summed E-state index contributed by atoms with van der Waals surface area (Å²) >= 11 is 0. The van der Waals surface area contributed by atoms with Crippen LogP contribution in [0.5, 0.6) is 0 Å². The van der Waals surface area contributed by atoms with E-state index in [1.807, 2.05) is 0 Å². The molecule has 0 aromatic rings. The predicted molar refractivity (Wildman–Crippen MR) is 64.3 cm³/mol. The molecule has 0 spiro atoms. The summed E-state index contributed by atoms with van der Waals surface area (Å²) in [5, 5.41) is 0. The minimum Gasteiger partial charge on any atom is -0.0841 e. The Bertz CT molecular complexity index is 205. The fourth-order valence-corrected chi connectivity index (χ4v) is 2.00. The van der Waals surface area contributed by atoms with Crippen LogP contribution < -0.4 is 0 Å². The molecule has 0 saturated heterocycles. The van der Waals surface area contributed by atoms with Gasteiger partial charge >= 0.3 is 0 Å². The Balaban J connectivity index is 2.65. The van der Waals surface area contributed by atoms with Gasteiger partial charge in [-0.2, -0.15) is 0 Å². The van der Waals surface area contributed by atoms with Crippen molar-refractivity contribution in [1.82, 2.24) is 0 Å². The first-order valence-corrected chi connectivity index (χ1v) is 5.89. The lowest BCUT2D eigenvalue weighted by atomic mass is 9.76. The van der Waals surface area contributed by atoms with E-state index in [9.17, 15) is 0 Å². The SMILES string of the molecule is CC(C)(C)/C=C/[C@@H](C1CC1)C(C)(C)C. The molecule has 0 bridgehead atoms. The maximum atomic E-state index is 2.47. The second-order valence-corrected chi connectivity index (χ2v) is 6.95. The fraction of sp³-hybridized carbons (Fsp3) is 0.857. The van der Waals surface area contributed by atoms with Crippen molar-refractivity contribution in [2.75, 3.05) is 0 Å². The number of allylic oxidation sites excluding steroid dienone is 2. The van der Waals surface area contributed by atoms with Crippen LogP contribution >= 0.6 is 0 Å². The lowest BCUT2D eigenvalue weighted by Crippen LogP contribution is -2.20. The third kappa shape index (κ3) is 3.86. The number of hydrogen-bond acceptors (Lipinski definition) is 0. The monoisotopic (exact) mass is 194 g/mol. The first-order valence-electron chi connectivity index (χ1n) is 5.89. The van der Waals surface area contributed by atoms with Gasteiger partial charge in [0, 0.05) is 0 Å². The van der Waals surface area contributed by atoms with E-state index in [-0.39, 0.29) is 0 Å². The summed E-state index contributed by atoms with van der Waals surface area (Å²) in [5.74, 6) is 1.75. The molecule has 82 valence electrons. The summed E-state index contributed by atoms with van der Waals surface area (Å²) in [6.45, 7) is 13.9. The van der Waals surface area contributed by atoms with Crippen molar-refractivity contribution >= 4 is 0 Å². The minimum absolute atomic E-state index is 0.332. The van der Waals surface area contributed by atoms with E-state index in [1.165, 1.54) is 12.8 Å². The summed E-state index contributed by atoms with van der Waals surface area (Å²) in [6, 6.07) is 0. The van der Waals surface area contributed by atoms with Gasteiger partial charge in [-0.3, -0.25) is 0 Å². The smallest absolute Gasteiger partial charge is 0.0156 e. The molecule has 0 aromatic carbocycles. The van der Waals surface area contributed by atoms with Crippen LogP contribution in [0.2, 0.25) is 0 Å². The Morgan fingerprint density at radius 1 is 1.00 bits per heavy atom. The van der Waals surface area contributed by atoms with Crippen LogP contribution in [0, 0.1) is 22.7 Å². The van der Waals surface area contributed by atoms with Crippen LogP contribution in [0.15, 0.2) is 12.2 Å². The molecular weight excluding hydrogens is 168 g/mol. The topological polar surface area (TPSA) is 0 Å². The summed E-state index contributed by atoms with van der Waals surface area (Å²) in [4.78, 5) is 0. The molecule has 1 saturated carbocycles. The van der Waals surface area contributed by atoms with Crippen molar-refractivity contribution in [1.29, 1.82) is 0 Å². The van der Waals surface area contributed by atoms with Gasteiger partial charge in [0.25, 0.3) is 0 Å². The highest BCUT2D eigenvalue weighted by Gasteiger charge is 2.36. The van der Waals surface area contributed by atoms with Crippen LogP contribution in [-0.2, 0) is 0 Å². The molecule has 1 atom stereocenters. The minimum atomic E-state index is 0.332. The van der Waals surface area contributed by atoms with Gasteiger partial charge in [-0.25, -0.2) is 0 Å². The van der Waals surface area contributed by atoms with E-state index < -0.39 is 0 Å². The molecule has 0 N–H and O–H groups in total. The van der Waals surface area contributed by atoms with E-state index in [4.69, 9.17) is 0 Å². The largest absolute Gasteiger partial charge is 0.0841 e. The molecule has 0 radical (unpaired) electrons. The molecule has 1 fully saturated rings. The third-order valence-corrected chi connectivity index (χ3v) is 2.93. The second-order valence-electron chi connectivity index (χ2n) is 6.95. The van der Waals surface area contributed by atoms with Gasteiger partial charge in [0.1, 0.15) is 0 Å². The van der Waals surface area contributed by atoms with Crippen molar-refractivity contribution in [3.8, 4) is 0 Å². The Hall–Kier alpha value is -0.260. The van der Waals surface area contributed by atoms with Crippen molar-refractivity contribution in [2.45, 2.75) is 54.4 Å². The summed E-state index contributed by atoms with van der Waals surface area (Å²) in [5.41, 5.74) is 0.765. The van der Waals surface area contributed by atoms with Crippen LogP contribution in [0.4, 0.5) is 0 Å². The van der Waals surface area contributed by atoms with E-state index in [0.717, 1.165) is 11.8 Å². The highest BCUT2D eigenvalue weighted by Crippen LogP contribution is 2.46. The molecule has 0 heteroatoms. The fourth-order valence-electron chi connectivity index (χ4n) is 2.00. The summed E-state index contributed by atoms with van der Waals surface area (Å²) in [6.07, 6.45) is 7.74. The van der Waals surface area contributed by atoms with E-state index in [1.54, 1.807) is 0 Å². The van der Waals surface area contributed by atoms with Gasteiger partial charge in [0.05, 0.1) is 0 Å². The lowest BCUT2D eigenvalue weighted by Gasteiger charge is -2.29. The molecule has 0 aliphatic heterocycles. The molecule has 0 nitrogen and oxygen atoms in total. The zero-order chi connectivity index (χ0) is 11.0. The lowest BCUT2D eigenvalue weighted by molar-refractivity contribution is 0.262. The normalized spacial score (nSPS) is 21.6. The van der Waals surface area contributed by atoms with E-state index in [0.29, 0.717) is 10.8 Å². The van der Waals surface area contributed by atoms with E-state index >= 15 is 0 Å². The second kappa shape index (κ2) is 3.72. The Kier molecular flexibility index (Phi) is 3.13. The maximum absolute atomic E-state index is 2.47. The van der Waals surface area contributed by atoms with Gasteiger partial charge in [0.2, 0.25) is 0 Å². The van der Waals surface area contributed by atoms with Gasteiger partial charge in [-0.05, 0) is 35.5 Å². The highest BCUT2D eigenvalue weighted by atomic mass is 14.4. The average Bonchev–Trinajstić information content (AvgIpc) is 2.64. The van der Waals surface area contributed by atoms with E-state index in [2.05, 4.69) is 53.7 Å². The van der Waals surface area contributed by atoms with Crippen molar-refractivity contribution in [3.05, 3.63) is 12.2 Å². The van der Waals surface area contributed by atoms with Gasteiger partial charge in [-0.15, -0.1) is 0 Å². The van der Waals surface area contributed by atoms with Gasteiger partial charge in [-0.1, -0.05) is 53.7 Å². The molecule has 1 rings (SSSR count). The zero-order valence-electron chi connectivity index (χ0n) is 10.7. The molecule has 0 heterocycles. The van der Waals surface area contributed by atoms with Crippen molar-refractivity contribution in [2.24, 2.45) is 22.7 Å². The highest BCUT2D eigenvalue weighted by molar-refractivity contribution is 5.04. The number of hydrogen-bond donors (Lipinski definition) is 0. The molecule has 0 amide bonds.